The van der Waals surface area contributed by atoms with Crippen LogP contribution in [0, 0.1) is 11.7 Å². The van der Waals surface area contributed by atoms with Gasteiger partial charge in [-0.2, -0.15) is 4.31 Å². The van der Waals surface area contributed by atoms with E-state index in [0.717, 1.165) is 37.4 Å². The predicted octanol–water partition coefficient (Wildman–Crippen LogP) is 5.92. The number of hydrogen-bond acceptors (Lipinski definition) is 3. The minimum Gasteiger partial charge on any atom is -0.383 e. The van der Waals surface area contributed by atoms with Crippen molar-refractivity contribution in [3.63, 3.8) is 0 Å². The van der Waals surface area contributed by atoms with E-state index in [0.29, 0.717) is 11.0 Å². The van der Waals surface area contributed by atoms with Crippen LogP contribution in [-0.2, 0) is 10.0 Å². The summed E-state index contributed by atoms with van der Waals surface area (Å²) in [6, 6.07) is 11.7. The standard InChI is InChI=1S/C21H25BrClFN2O2S/c1-26(29(27,28)21-12-17(22)18(23)13-19(21)24)20(15-8-4-2-5-9-15)14-25-16-10-6-3-7-11-16/h3,6-7,10-13,15,20,25H,2,4-5,8-9,14H2,1H3. The zero-order chi connectivity index (χ0) is 21.0. The molecule has 4 nitrogen and oxygen atoms in total. The van der Waals surface area contributed by atoms with Crippen molar-refractivity contribution in [3.05, 3.63) is 57.8 Å². The lowest BCUT2D eigenvalue weighted by molar-refractivity contribution is 0.220. The van der Waals surface area contributed by atoms with Crippen molar-refractivity contribution in [3.8, 4) is 0 Å². The van der Waals surface area contributed by atoms with Crippen LogP contribution in [0.1, 0.15) is 32.1 Å². The second kappa shape index (κ2) is 9.77. The number of para-hydroxylation sites is 1. The minimum absolute atomic E-state index is 0.138. The number of hydrogen-bond donors (Lipinski definition) is 1. The lowest BCUT2D eigenvalue weighted by Gasteiger charge is -2.36. The summed E-state index contributed by atoms with van der Waals surface area (Å²) in [6.45, 7) is 0.459. The van der Waals surface area contributed by atoms with Gasteiger partial charge in [0.05, 0.1) is 5.02 Å². The minimum atomic E-state index is -4.03. The molecule has 1 aliphatic rings. The van der Waals surface area contributed by atoms with Gasteiger partial charge in [-0.05, 0) is 59.0 Å². The Morgan fingerprint density at radius 3 is 2.52 bits per heavy atom. The smallest absolute Gasteiger partial charge is 0.246 e. The van der Waals surface area contributed by atoms with E-state index in [1.54, 1.807) is 7.05 Å². The molecule has 1 saturated carbocycles. The number of likely N-dealkylation sites (N-methyl/N-ethyl adjacent to an activating group) is 1. The van der Waals surface area contributed by atoms with E-state index in [4.69, 9.17) is 11.6 Å². The molecule has 0 saturated heterocycles. The van der Waals surface area contributed by atoms with Gasteiger partial charge in [0.2, 0.25) is 10.0 Å². The Morgan fingerprint density at radius 1 is 1.21 bits per heavy atom. The summed E-state index contributed by atoms with van der Waals surface area (Å²) in [7, 11) is -2.49. The third kappa shape index (κ3) is 5.32. The first-order chi connectivity index (χ1) is 13.8. The van der Waals surface area contributed by atoms with Crippen LogP contribution in [-0.4, -0.2) is 32.4 Å². The number of halogens is 3. The quantitative estimate of drug-likeness (QED) is 0.477. The number of anilines is 1. The van der Waals surface area contributed by atoms with Crippen molar-refractivity contribution < 1.29 is 12.8 Å². The Bertz CT molecular complexity index is 937. The first kappa shape index (κ1) is 22.5. The molecular weight excluding hydrogens is 479 g/mol. The van der Waals surface area contributed by atoms with E-state index in [1.165, 1.54) is 16.8 Å². The van der Waals surface area contributed by atoms with Gasteiger partial charge in [-0.25, -0.2) is 12.8 Å². The first-order valence-electron chi connectivity index (χ1n) is 9.72. The van der Waals surface area contributed by atoms with E-state index >= 15 is 0 Å². The molecule has 0 spiro atoms. The van der Waals surface area contributed by atoms with Crippen LogP contribution >= 0.6 is 27.5 Å². The largest absolute Gasteiger partial charge is 0.383 e. The molecule has 0 amide bonds. The lowest BCUT2D eigenvalue weighted by atomic mass is 9.84. The van der Waals surface area contributed by atoms with Crippen molar-refractivity contribution in [2.75, 3.05) is 18.9 Å². The molecule has 158 valence electrons. The summed E-state index contributed by atoms with van der Waals surface area (Å²) in [5.41, 5.74) is 0.930. The average Bonchev–Trinajstić information content (AvgIpc) is 2.72. The summed E-state index contributed by atoms with van der Waals surface area (Å²) in [5, 5.41) is 3.49. The normalized spacial score (nSPS) is 16.7. The highest BCUT2D eigenvalue weighted by molar-refractivity contribution is 9.10. The Balaban J connectivity index is 1.90. The monoisotopic (exact) mass is 502 g/mol. The van der Waals surface area contributed by atoms with Crippen LogP contribution in [0.25, 0.3) is 0 Å². The van der Waals surface area contributed by atoms with E-state index in [9.17, 15) is 12.8 Å². The van der Waals surface area contributed by atoms with Crippen molar-refractivity contribution in [2.24, 2.45) is 5.92 Å². The summed E-state index contributed by atoms with van der Waals surface area (Å²) in [6.07, 6.45) is 5.27. The van der Waals surface area contributed by atoms with Gasteiger partial charge in [-0.1, -0.05) is 49.1 Å². The Hall–Kier alpha value is -1.15. The fourth-order valence-electron chi connectivity index (χ4n) is 3.92. The SMILES string of the molecule is CN(C(CNc1ccccc1)C1CCCCC1)S(=O)(=O)c1cc(Br)c(Cl)cc1F. The van der Waals surface area contributed by atoms with Crippen LogP contribution in [0.4, 0.5) is 10.1 Å². The molecule has 0 aliphatic heterocycles. The molecule has 0 radical (unpaired) electrons. The molecule has 1 unspecified atom stereocenters. The molecule has 2 aromatic carbocycles. The maximum absolute atomic E-state index is 14.5. The maximum Gasteiger partial charge on any atom is 0.246 e. The summed E-state index contributed by atoms with van der Waals surface area (Å²) in [5.74, 6) is -0.623. The van der Waals surface area contributed by atoms with Gasteiger partial charge < -0.3 is 5.32 Å². The van der Waals surface area contributed by atoms with Gasteiger partial charge in [0.15, 0.2) is 0 Å². The van der Waals surface area contributed by atoms with Crippen LogP contribution < -0.4 is 5.32 Å². The van der Waals surface area contributed by atoms with Crippen molar-refractivity contribution in [1.29, 1.82) is 0 Å². The molecule has 2 aromatic rings. The molecule has 1 atom stereocenters. The third-order valence-corrected chi connectivity index (χ3v) is 8.68. The second-order valence-corrected chi connectivity index (χ2v) is 10.7. The fraction of sp³-hybridized carbons (Fsp3) is 0.429. The Kier molecular flexibility index (Phi) is 7.59. The number of benzene rings is 2. The molecule has 0 aromatic heterocycles. The van der Waals surface area contributed by atoms with Crippen molar-refractivity contribution >= 4 is 43.2 Å². The molecule has 0 bridgehead atoms. The highest BCUT2D eigenvalue weighted by Gasteiger charge is 2.35. The second-order valence-electron chi connectivity index (χ2n) is 7.43. The Morgan fingerprint density at radius 2 is 1.86 bits per heavy atom. The van der Waals surface area contributed by atoms with Crippen LogP contribution in [0.2, 0.25) is 5.02 Å². The van der Waals surface area contributed by atoms with Gasteiger partial charge in [0, 0.05) is 29.8 Å². The van der Waals surface area contributed by atoms with Crippen molar-refractivity contribution in [1.82, 2.24) is 4.31 Å². The zero-order valence-electron chi connectivity index (χ0n) is 16.2. The molecule has 29 heavy (non-hydrogen) atoms. The van der Waals surface area contributed by atoms with E-state index < -0.39 is 15.8 Å². The average molecular weight is 504 g/mol. The zero-order valence-corrected chi connectivity index (χ0v) is 19.4. The number of sulfonamides is 1. The molecule has 8 heteroatoms. The summed E-state index contributed by atoms with van der Waals surface area (Å²) in [4.78, 5) is -0.364. The van der Waals surface area contributed by atoms with E-state index in [1.807, 2.05) is 30.3 Å². The molecule has 0 heterocycles. The lowest BCUT2D eigenvalue weighted by Crippen LogP contribution is -2.46. The van der Waals surface area contributed by atoms with Gasteiger partial charge in [-0.15, -0.1) is 0 Å². The van der Waals surface area contributed by atoms with Gasteiger partial charge >= 0.3 is 0 Å². The topological polar surface area (TPSA) is 49.4 Å². The number of nitrogens with one attached hydrogen (secondary N) is 1. The molecule has 1 fully saturated rings. The van der Waals surface area contributed by atoms with Crippen molar-refractivity contribution in [2.45, 2.75) is 43.0 Å². The van der Waals surface area contributed by atoms with E-state index in [2.05, 4.69) is 21.2 Å². The number of nitrogens with zero attached hydrogens (tertiary/aromatic N) is 1. The van der Waals surface area contributed by atoms with Gasteiger partial charge in [0.1, 0.15) is 10.7 Å². The summed E-state index contributed by atoms with van der Waals surface area (Å²) < 4.78 is 42.8. The van der Waals surface area contributed by atoms with Gasteiger partial charge in [-0.3, -0.25) is 0 Å². The highest BCUT2D eigenvalue weighted by atomic mass is 79.9. The van der Waals surface area contributed by atoms with Crippen LogP contribution in [0.3, 0.4) is 0 Å². The Labute approximate surface area is 185 Å². The van der Waals surface area contributed by atoms with Crippen LogP contribution in [0.15, 0.2) is 51.8 Å². The molecule has 1 aliphatic carbocycles. The fourth-order valence-corrected chi connectivity index (χ4v) is 6.06. The van der Waals surface area contributed by atoms with Crippen LogP contribution in [0.5, 0.6) is 0 Å². The molecule has 3 rings (SSSR count). The predicted molar refractivity (Wildman–Crippen MR) is 119 cm³/mol. The van der Waals surface area contributed by atoms with E-state index in [-0.39, 0.29) is 21.9 Å². The van der Waals surface area contributed by atoms with Gasteiger partial charge in [0.25, 0.3) is 0 Å². The third-order valence-electron chi connectivity index (χ3n) is 5.58. The highest BCUT2D eigenvalue weighted by Crippen LogP contribution is 2.34. The first-order valence-corrected chi connectivity index (χ1v) is 12.3. The molecular formula is C21H25BrClFN2O2S. The number of rotatable bonds is 7. The maximum atomic E-state index is 14.5. The molecule has 1 N–H and O–H groups in total. The summed E-state index contributed by atoms with van der Waals surface area (Å²) >= 11 is 9.11.